The third kappa shape index (κ3) is 2.99. The minimum atomic E-state index is 0.701. The van der Waals surface area contributed by atoms with Crippen molar-refractivity contribution in [2.45, 2.75) is 6.42 Å². The number of morpholine rings is 1. The zero-order valence-electron chi connectivity index (χ0n) is 8.48. The third-order valence-corrected chi connectivity index (χ3v) is 3.37. The van der Waals surface area contributed by atoms with Gasteiger partial charge in [-0.05, 0) is 0 Å². The zero-order chi connectivity index (χ0) is 10.5. The first-order valence-corrected chi connectivity index (χ1v) is 5.85. The van der Waals surface area contributed by atoms with Gasteiger partial charge in [0.2, 0.25) is 0 Å². The number of thiazole rings is 1. The van der Waals surface area contributed by atoms with Gasteiger partial charge >= 0.3 is 0 Å². The van der Waals surface area contributed by atoms with E-state index in [4.69, 9.17) is 10.00 Å². The first-order valence-electron chi connectivity index (χ1n) is 5.03. The van der Waals surface area contributed by atoms with Crippen molar-refractivity contribution in [3.63, 3.8) is 0 Å². The summed E-state index contributed by atoms with van der Waals surface area (Å²) in [7, 11) is 0. The average Bonchev–Trinajstić information content (AvgIpc) is 2.76. The van der Waals surface area contributed by atoms with Gasteiger partial charge in [0.05, 0.1) is 24.4 Å². The van der Waals surface area contributed by atoms with Crippen LogP contribution in [-0.4, -0.2) is 42.7 Å². The van der Waals surface area contributed by atoms with Crippen molar-refractivity contribution in [3.05, 3.63) is 16.1 Å². The van der Waals surface area contributed by atoms with E-state index in [-0.39, 0.29) is 0 Å². The van der Waals surface area contributed by atoms with Gasteiger partial charge in [-0.3, -0.25) is 4.90 Å². The zero-order valence-corrected chi connectivity index (χ0v) is 9.29. The van der Waals surface area contributed by atoms with Crippen LogP contribution in [0.5, 0.6) is 0 Å². The molecule has 0 saturated carbocycles. The van der Waals surface area contributed by atoms with Crippen LogP contribution in [0.1, 0.15) is 9.88 Å². The lowest BCUT2D eigenvalue weighted by Gasteiger charge is -2.25. The molecule has 80 valence electrons. The third-order valence-electron chi connectivity index (χ3n) is 2.41. The molecule has 4 nitrogen and oxygen atoms in total. The Morgan fingerprint density at radius 3 is 3.00 bits per heavy atom. The molecule has 1 aliphatic heterocycles. The normalized spacial score (nSPS) is 17.5. The minimum Gasteiger partial charge on any atom is -0.379 e. The first kappa shape index (κ1) is 10.6. The highest BCUT2D eigenvalue weighted by atomic mass is 32.1. The van der Waals surface area contributed by atoms with Gasteiger partial charge in [0.25, 0.3) is 0 Å². The molecule has 5 heteroatoms. The van der Waals surface area contributed by atoms with E-state index in [2.05, 4.69) is 16.0 Å². The fraction of sp³-hybridized carbons (Fsp3) is 0.600. The van der Waals surface area contributed by atoms with Crippen LogP contribution in [0.2, 0.25) is 0 Å². The molecule has 0 unspecified atom stereocenters. The molecule has 1 aromatic rings. The molecule has 0 radical (unpaired) electrons. The van der Waals surface area contributed by atoms with Crippen molar-refractivity contribution >= 4 is 11.3 Å². The summed E-state index contributed by atoms with van der Waals surface area (Å²) in [4.78, 5) is 7.28. The minimum absolute atomic E-state index is 0.701. The van der Waals surface area contributed by atoms with Crippen LogP contribution in [0.4, 0.5) is 0 Å². The van der Waals surface area contributed by atoms with Crippen LogP contribution >= 0.6 is 11.3 Å². The van der Waals surface area contributed by atoms with Crippen LogP contribution in [0.3, 0.4) is 0 Å². The Balaban J connectivity index is 1.79. The Bertz CT molecular complexity index is 352. The topological polar surface area (TPSA) is 49.2 Å². The van der Waals surface area contributed by atoms with E-state index in [1.807, 2.05) is 0 Å². The van der Waals surface area contributed by atoms with E-state index in [1.165, 1.54) is 11.3 Å². The molecule has 2 heterocycles. The van der Waals surface area contributed by atoms with Crippen molar-refractivity contribution < 1.29 is 4.74 Å². The molecule has 1 aliphatic rings. The van der Waals surface area contributed by atoms with Crippen LogP contribution in [0, 0.1) is 11.3 Å². The fourth-order valence-corrected chi connectivity index (χ4v) is 2.26. The van der Waals surface area contributed by atoms with Gasteiger partial charge in [-0.1, -0.05) is 0 Å². The molecule has 0 aromatic carbocycles. The maximum atomic E-state index is 8.66. The van der Waals surface area contributed by atoms with Gasteiger partial charge in [-0.2, -0.15) is 5.26 Å². The molecular weight excluding hydrogens is 210 g/mol. The van der Waals surface area contributed by atoms with E-state index in [0.717, 1.165) is 44.3 Å². The van der Waals surface area contributed by atoms with Crippen molar-refractivity contribution in [2.24, 2.45) is 0 Å². The molecule has 1 aromatic heterocycles. The number of hydrogen-bond acceptors (Lipinski definition) is 5. The highest BCUT2D eigenvalue weighted by molar-refractivity contribution is 7.12. The van der Waals surface area contributed by atoms with Crippen LogP contribution in [-0.2, 0) is 11.2 Å². The summed E-state index contributed by atoms with van der Waals surface area (Å²) in [6.45, 7) is 4.71. The molecule has 1 saturated heterocycles. The highest BCUT2D eigenvalue weighted by Crippen LogP contribution is 2.12. The second-order valence-corrected chi connectivity index (χ2v) is 4.55. The van der Waals surface area contributed by atoms with Crippen LogP contribution in [0.25, 0.3) is 0 Å². The summed E-state index contributed by atoms with van der Waals surface area (Å²) >= 11 is 1.49. The summed E-state index contributed by atoms with van der Waals surface area (Å²) in [5.41, 5.74) is 0. The number of ether oxygens (including phenoxy) is 1. The van der Waals surface area contributed by atoms with Crippen LogP contribution < -0.4 is 0 Å². The lowest BCUT2D eigenvalue weighted by atomic mass is 10.3. The summed E-state index contributed by atoms with van der Waals surface area (Å²) in [6, 6.07) is 2.11. The second-order valence-electron chi connectivity index (χ2n) is 3.43. The predicted molar refractivity (Wildman–Crippen MR) is 57.8 cm³/mol. The summed E-state index contributed by atoms with van der Waals surface area (Å²) < 4.78 is 5.28. The van der Waals surface area contributed by atoms with E-state index in [9.17, 15) is 0 Å². The largest absolute Gasteiger partial charge is 0.379 e. The van der Waals surface area contributed by atoms with Crippen molar-refractivity contribution in [3.8, 4) is 6.07 Å². The Kier molecular flexibility index (Phi) is 3.67. The van der Waals surface area contributed by atoms with Crippen molar-refractivity contribution in [1.82, 2.24) is 9.88 Å². The summed E-state index contributed by atoms with van der Waals surface area (Å²) in [6.07, 6.45) is 2.59. The fourth-order valence-electron chi connectivity index (χ4n) is 1.56. The van der Waals surface area contributed by atoms with Gasteiger partial charge in [-0.15, -0.1) is 11.3 Å². The average molecular weight is 223 g/mol. The lowest BCUT2D eigenvalue weighted by Crippen LogP contribution is -2.37. The van der Waals surface area contributed by atoms with Gasteiger partial charge in [0.1, 0.15) is 10.9 Å². The monoisotopic (exact) mass is 223 g/mol. The SMILES string of the molecule is N#Cc1cnc(CCN2CCOCC2)s1. The van der Waals surface area contributed by atoms with Gasteiger partial charge in [0.15, 0.2) is 0 Å². The quantitative estimate of drug-likeness (QED) is 0.763. The molecule has 15 heavy (non-hydrogen) atoms. The summed E-state index contributed by atoms with van der Waals surface area (Å²) in [5, 5.41) is 9.72. The Morgan fingerprint density at radius 1 is 1.53 bits per heavy atom. The molecule has 0 amide bonds. The molecule has 0 aliphatic carbocycles. The molecule has 0 atom stereocenters. The Hall–Kier alpha value is -0.960. The van der Waals surface area contributed by atoms with Crippen molar-refractivity contribution in [1.29, 1.82) is 5.26 Å². The van der Waals surface area contributed by atoms with E-state index >= 15 is 0 Å². The van der Waals surface area contributed by atoms with Crippen molar-refractivity contribution in [2.75, 3.05) is 32.8 Å². The van der Waals surface area contributed by atoms with Gasteiger partial charge in [0, 0.05) is 26.1 Å². The Labute approximate surface area is 93.1 Å². The highest BCUT2D eigenvalue weighted by Gasteiger charge is 2.10. The molecule has 2 rings (SSSR count). The standard InChI is InChI=1S/C10H13N3OS/c11-7-9-8-12-10(15-9)1-2-13-3-5-14-6-4-13/h8H,1-6H2. The van der Waals surface area contributed by atoms with Gasteiger partial charge < -0.3 is 4.74 Å². The molecular formula is C10H13N3OS. The molecule has 1 fully saturated rings. The van der Waals surface area contributed by atoms with E-state index < -0.39 is 0 Å². The van der Waals surface area contributed by atoms with E-state index in [0.29, 0.717) is 4.88 Å². The molecule has 0 bridgehead atoms. The number of nitrogens with zero attached hydrogens (tertiary/aromatic N) is 3. The smallest absolute Gasteiger partial charge is 0.124 e. The molecule has 0 N–H and O–H groups in total. The summed E-state index contributed by atoms with van der Waals surface area (Å²) in [5.74, 6) is 0. The first-order chi connectivity index (χ1) is 7.38. The second kappa shape index (κ2) is 5.21. The number of rotatable bonds is 3. The number of aromatic nitrogens is 1. The van der Waals surface area contributed by atoms with E-state index in [1.54, 1.807) is 6.20 Å². The number of nitriles is 1. The van der Waals surface area contributed by atoms with Crippen LogP contribution in [0.15, 0.2) is 6.20 Å². The lowest BCUT2D eigenvalue weighted by molar-refractivity contribution is 0.0384. The number of hydrogen-bond donors (Lipinski definition) is 0. The predicted octanol–water partition coefficient (Wildman–Crippen LogP) is 0.889. The molecule has 0 spiro atoms. The maximum absolute atomic E-state index is 8.66. The Morgan fingerprint density at radius 2 is 2.33 bits per heavy atom. The van der Waals surface area contributed by atoms with Gasteiger partial charge in [-0.25, -0.2) is 4.98 Å². The maximum Gasteiger partial charge on any atom is 0.124 e.